The first-order valence-electron chi connectivity index (χ1n) is 8.86. The molecule has 23 heavy (non-hydrogen) atoms. The third kappa shape index (κ3) is 3.31. The first-order valence-corrected chi connectivity index (χ1v) is 8.86. The summed E-state index contributed by atoms with van der Waals surface area (Å²) in [5.74, 6) is 0. The molecule has 2 aromatic carbocycles. The number of aromatic nitrogens is 1. The molecule has 0 fully saturated rings. The van der Waals surface area contributed by atoms with Gasteiger partial charge in [-0.25, -0.2) is 0 Å². The van der Waals surface area contributed by atoms with Crippen molar-refractivity contribution in [3.63, 3.8) is 0 Å². The van der Waals surface area contributed by atoms with E-state index in [0.29, 0.717) is 0 Å². The van der Waals surface area contributed by atoms with Crippen LogP contribution in [0.2, 0.25) is 0 Å². The molecule has 0 saturated heterocycles. The van der Waals surface area contributed by atoms with Gasteiger partial charge < -0.3 is 5.32 Å². The van der Waals surface area contributed by atoms with Crippen molar-refractivity contribution in [1.82, 2.24) is 0 Å². The molecule has 0 aliphatic rings. The first kappa shape index (κ1) is 15.8. The summed E-state index contributed by atoms with van der Waals surface area (Å²) in [6, 6.07) is 17.3. The number of benzene rings is 2. The van der Waals surface area contributed by atoms with Crippen LogP contribution in [0.25, 0.3) is 21.8 Å². The molecular weight excluding hydrogens is 280 g/mol. The Kier molecular flexibility index (Phi) is 5.12. The van der Waals surface area contributed by atoms with Gasteiger partial charge in [-0.3, -0.25) is 0 Å². The molecule has 0 unspecified atom stereocenters. The maximum Gasteiger partial charge on any atom is 0.214 e. The smallest absolute Gasteiger partial charge is 0.214 e. The van der Waals surface area contributed by atoms with Gasteiger partial charge in [-0.15, -0.1) is 0 Å². The van der Waals surface area contributed by atoms with Crippen molar-refractivity contribution in [2.75, 3.05) is 11.9 Å². The van der Waals surface area contributed by atoms with E-state index < -0.39 is 0 Å². The molecule has 0 amide bonds. The lowest BCUT2D eigenvalue weighted by Gasteiger charge is -2.12. The maximum absolute atomic E-state index is 3.72. The summed E-state index contributed by atoms with van der Waals surface area (Å²) in [7, 11) is 2.15. The van der Waals surface area contributed by atoms with E-state index in [4.69, 9.17) is 0 Å². The van der Waals surface area contributed by atoms with Gasteiger partial charge in [0.05, 0.1) is 16.5 Å². The number of nitrogens with zero attached hydrogens (tertiary/aromatic N) is 1. The Bertz CT molecular complexity index is 735. The Hall–Kier alpha value is -2.09. The average molecular weight is 307 g/mol. The summed E-state index contributed by atoms with van der Waals surface area (Å²) >= 11 is 0. The van der Waals surface area contributed by atoms with Crippen molar-refractivity contribution in [1.29, 1.82) is 0 Å². The number of fused-ring (bicyclic) bond motifs is 2. The normalized spacial score (nSPS) is 11.2. The molecule has 0 radical (unpaired) electrons. The molecule has 2 nitrogen and oxygen atoms in total. The molecule has 0 atom stereocenters. The van der Waals surface area contributed by atoms with E-state index >= 15 is 0 Å². The van der Waals surface area contributed by atoms with Crippen LogP contribution < -0.4 is 9.88 Å². The number of para-hydroxylation sites is 2. The molecule has 1 heterocycles. The number of rotatable bonds is 7. The van der Waals surface area contributed by atoms with Gasteiger partial charge in [0.15, 0.2) is 0 Å². The van der Waals surface area contributed by atoms with Crippen LogP contribution in [0.1, 0.15) is 39.0 Å². The summed E-state index contributed by atoms with van der Waals surface area (Å²) in [5.41, 5.74) is 3.84. The van der Waals surface area contributed by atoms with E-state index in [2.05, 4.69) is 72.4 Å². The SMILES string of the molecule is CCCCCCCNc1c2ccccc2[n+](C)c2ccccc12. The molecule has 0 bridgehead atoms. The summed E-state index contributed by atoms with van der Waals surface area (Å²) in [4.78, 5) is 0. The summed E-state index contributed by atoms with van der Waals surface area (Å²) in [6.07, 6.45) is 6.56. The zero-order valence-electron chi connectivity index (χ0n) is 14.3. The largest absolute Gasteiger partial charge is 0.384 e. The number of hydrogen-bond acceptors (Lipinski definition) is 1. The van der Waals surface area contributed by atoms with Gasteiger partial charge in [0.2, 0.25) is 11.0 Å². The van der Waals surface area contributed by atoms with Gasteiger partial charge in [0, 0.05) is 18.7 Å². The van der Waals surface area contributed by atoms with E-state index in [0.717, 1.165) is 6.54 Å². The van der Waals surface area contributed by atoms with Gasteiger partial charge >= 0.3 is 0 Å². The van der Waals surface area contributed by atoms with Gasteiger partial charge in [0.25, 0.3) is 0 Å². The first-order chi connectivity index (χ1) is 11.3. The van der Waals surface area contributed by atoms with E-state index in [1.807, 2.05) is 0 Å². The fraction of sp³-hybridized carbons (Fsp3) is 0.381. The molecule has 0 spiro atoms. The lowest BCUT2D eigenvalue weighted by atomic mass is 10.1. The molecule has 120 valence electrons. The third-order valence-corrected chi connectivity index (χ3v) is 4.65. The molecule has 0 saturated carbocycles. The van der Waals surface area contributed by atoms with Crippen LogP contribution in [0.5, 0.6) is 0 Å². The van der Waals surface area contributed by atoms with Crippen molar-refractivity contribution in [2.24, 2.45) is 7.05 Å². The number of anilines is 1. The Balaban J connectivity index is 1.92. The van der Waals surface area contributed by atoms with Gasteiger partial charge in [0.1, 0.15) is 7.05 Å². The van der Waals surface area contributed by atoms with Crippen LogP contribution in [-0.2, 0) is 7.05 Å². The number of pyridine rings is 1. The van der Waals surface area contributed by atoms with Gasteiger partial charge in [-0.2, -0.15) is 4.57 Å². The monoisotopic (exact) mass is 307 g/mol. The highest BCUT2D eigenvalue weighted by Crippen LogP contribution is 2.29. The molecule has 3 rings (SSSR count). The van der Waals surface area contributed by atoms with Crippen LogP contribution >= 0.6 is 0 Å². The second-order valence-electron chi connectivity index (χ2n) is 6.31. The summed E-state index contributed by atoms with van der Waals surface area (Å²) in [6.45, 7) is 3.31. The summed E-state index contributed by atoms with van der Waals surface area (Å²) in [5, 5.41) is 6.34. The fourth-order valence-electron chi connectivity index (χ4n) is 3.36. The number of aryl methyl sites for hydroxylation is 1. The Morgan fingerprint density at radius 2 is 1.35 bits per heavy atom. The minimum absolute atomic E-state index is 1.05. The zero-order valence-corrected chi connectivity index (χ0v) is 14.3. The molecule has 0 aliphatic carbocycles. The topological polar surface area (TPSA) is 15.9 Å². The molecule has 3 aromatic rings. The van der Waals surface area contributed by atoms with Crippen LogP contribution in [-0.4, -0.2) is 6.54 Å². The predicted molar refractivity (Wildman–Crippen MR) is 99.9 cm³/mol. The highest BCUT2D eigenvalue weighted by Gasteiger charge is 2.16. The van der Waals surface area contributed by atoms with Crippen molar-refractivity contribution < 1.29 is 4.57 Å². The molecule has 1 N–H and O–H groups in total. The molecule has 1 aromatic heterocycles. The zero-order chi connectivity index (χ0) is 16.1. The minimum atomic E-state index is 1.05. The second-order valence-corrected chi connectivity index (χ2v) is 6.31. The van der Waals surface area contributed by atoms with Crippen LogP contribution in [0, 0.1) is 0 Å². The van der Waals surface area contributed by atoms with Crippen LogP contribution in [0.3, 0.4) is 0 Å². The minimum Gasteiger partial charge on any atom is -0.384 e. The van der Waals surface area contributed by atoms with Crippen LogP contribution in [0.4, 0.5) is 5.69 Å². The molecule has 2 heteroatoms. The lowest BCUT2D eigenvalue weighted by Crippen LogP contribution is -2.30. The van der Waals surface area contributed by atoms with E-state index in [1.54, 1.807) is 0 Å². The Labute approximate surface area is 139 Å². The average Bonchev–Trinajstić information content (AvgIpc) is 2.60. The highest BCUT2D eigenvalue weighted by molar-refractivity contribution is 6.04. The number of hydrogen-bond donors (Lipinski definition) is 1. The second kappa shape index (κ2) is 7.45. The third-order valence-electron chi connectivity index (χ3n) is 4.65. The Morgan fingerprint density at radius 1 is 0.783 bits per heavy atom. The molecular formula is C21H27N2+. The van der Waals surface area contributed by atoms with Crippen LogP contribution in [0.15, 0.2) is 48.5 Å². The van der Waals surface area contributed by atoms with E-state index in [9.17, 15) is 0 Å². The quantitative estimate of drug-likeness (QED) is 0.360. The maximum atomic E-state index is 3.72. The Morgan fingerprint density at radius 3 is 1.96 bits per heavy atom. The van der Waals surface area contributed by atoms with Gasteiger partial charge in [-0.1, -0.05) is 56.9 Å². The fourth-order valence-corrected chi connectivity index (χ4v) is 3.36. The van der Waals surface area contributed by atoms with Crippen molar-refractivity contribution in [2.45, 2.75) is 39.0 Å². The van der Waals surface area contributed by atoms with Crippen molar-refractivity contribution >= 4 is 27.5 Å². The molecule has 0 aliphatic heterocycles. The van der Waals surface area contributed by atoms with Crippen molar-refractivity contribution in [3.8, 4) is 0 Å². The van der Waals surface area contributed by atoms with Crippen molar-refractivity contribution in [3.05, 3.63) is 48.5 Å². The number of unbranched alkanes of at least 4 members (excludes halogenated alkanes) is 4. The van der Waals surface area contributed by atoms with Gasteiger partial charge in [-0.05, 0) is 18.6 Å². The highest BCUT2D eigenvalue weighted by atomic mass is 15.0. The lowest BCUT2D eigenvalue weighted by molar-refractivity contribution is -0.617. The van der Waals surface area contributed by atoms with E-state index in [-0.39, 0.29) is 0 Å². The van der Waals surface area contributed by atoms with E-state index in [1.165, 1.54) is 59.6 Å². The number of nitrogens with one attached hydrogen (secondary N) is 1. The predicted octanol–water partition coefficient (Wildman–Crippen LogP) is 5.20. The standard InChI is InChI=1S/C21H26N2/c1-3-4-5-6-11-16-22-21-17-12-7-9-14-19(17)23(2)20-15-10-8-13-18(20)21/h7-10,12-15H,3-6,11,16H2,1-2H3/p+1. The summed E-state index contributed by atoms with van der Waals surface area (Å²) < 4.78 is 2.29.